The minimum atomic E-state index is -0.0658. The lowest BCUT2D eigenvalue weighted by atomic mass is 10.2. The number of carbonyl (C=O) groups is 1. The van der Waals surface area contributed by atoms with Gasteiger partial charge in [0.25, 0.3) is 5.56 Å². The fourth-order valence-corrected chi connectivity index (χ4v) is 5.76. The number of H-pyrrole nitrogens is 1. The summed E-state index contributed by atoms with van der Waals surface area (Å²) in [5.41, 5.74) is 2.95. The van der Waals surface area contributed by atoms with E-state index in [-0.39, 0.29) is 11.5 Å². The molecule has 0 unspecified atom stereocenters. The second kappa shape index (κ2) is 7.77. The van der Waals surface area contributed by atoms with Crippen LogP contribution in [0.5, 0.6) is 0 Å². The Morgan fingerprint density at radius 2 is 2.26 bits per heavy atom. The van der Waals surface area contributed by atoms with Crippen molar-refractivity contribution in [3.63, 3.8) is 0 Å². The molecule has 0 saturated heterocycles. The normalized spacial score (nSPS) is 13.1. The Morgan fingerprint density at radius 3 is 3.07 bits per heavy atom. The van der Waals surface area contributed by atoms with Crippen molar-refractivity contribution in [2.24, 2.45) is 0 Å². The topological polar surface area (TPSA) is 74.8 Å². The molecule has 0 spiro atoms. The van der Waals surface area contributed by atoms with Crippen molar-refractivity contribution in [1.29, 1.82) is 0 Å². The lowest BCUT2D eigenvalue weighted by molar-refractivity contribution is -0.113. The molecule has 4 rings (SSSR count). The minimum absolute atomic E-state index is 0.0510. The van der Waals surface area contributed by atoms with Crippen LogP contribution in [0, 0.1) is 6.92 Å². The van der Waals surface area contributed by atoms with E-state index in [0.717, 1.165) is 45.2 Å². The molecule has 5 nitrogen and oxygen atoms in total. The molecule has 8 heteroatoms. The highest BCUT2D eigenvalue weighted by atomic mass is 79.9. The molecule has 0 fully saturated rings. The predicted molar refractivity (Wildman–Crippen MR) is 116 cm³/mol. The number of fused-ring (bicyclic) bond motifs is 3. The van der Waals surface area contributed by atoms with Gasteiger partial charge in [0.1, 0.15) is 10.7 Å². The molecule has 0 atom stereocenters. The zero-order valence-electron chi connectivity index (χ0n) is 14.7. The molecule has 1 aliphatic rings. The van der Waals surface area contributed by atoms with Crippen LogP contribution in [-0.2, 0) is 23.4 Å². The number of hydrogen-bond acceptors (Lipinski definition) is 5. The predicted octanol–water partition coefficient (Wildman–Crippen LogP) is 4.42. The summed E-state index contributed by atoms with van der Waals surface area (Å²) in [7, 11) is 0. The number of benzene rings is 1. The lowest BCUT2D eigenvalue weighted by Crippen LogP contribution is -2.16. The quantitative estimate of drug-likeness (QED) is 0.587. The van der Waals surface area contributed by atoms with Crippen molar-refractivity contribution in [1.82, 2.24) is 9.97 Å². The maximum Gasteiger partial charge on any atom is 0.259 e. The third kappa shape index (κ3) is 3.97. The number of amides is 1. The number of aromatic amines is 1. The molecule has 2 heterocycles. The molecule has 27 heavy (non-hydrogen) atoms. The van der Waals surface area contributed by atoms with Gasteiger partial charge < -0.3 is 10.3 Å². The van der Waals surface area contributed by atoms with Gasteiger partial charge in [-0.15, -0.1) is 23.1 Å². The van der Waals surface area contributed by atoms with E-state index in [1.54, 1.807) is 11.3 Å². The Kier molecular flexibility index (Phi) is 5.39. The molecular formula is C19H18BrN3O2S2. The number of nitrogens with one attached hydrogen (secondary N) is 2. The average molecular weight is 464 g/mol. The molecule has 2 aromatic heterocycles. The van der Waals surface area contributed by atoms with E-state index in [1.165, 1.54) is 22.2 Å². The van der Waals surface area contributed by atoms with Crippen molar-refractivity contribution in [3.05, 3.63) is 54.9 Å². The number of nitrogens with zero attached hydrogens (tertiary/aromatic N) is 1. The van der Waals surface area contributed by atoms with E-state index >= 15 is 0 Å². The van der Waals surface area contributed by atoms with Crippen molar-refractivity contribution >= 4 is 60.8 Å². The third-order valence-corrected chi connectivity index (χ3v) is 7.18. The Hall–Kier alpha value is -1.64. The van der Waals surface area contributed by atoms with Gasteiger partial charge in [-0.3, -0.25) is 9.59 Å². The number of halogens is 1. The van der Waals surface area contributed by atoms with E-state index in [2.05, 4.69) is 31.2 Å². The average Bonchev–Trinajstić information content (AvgIpc) is 3.18. The maximum atomic E-state index is 12.4. The zero-order chi connectivity index (χ0) is 19.0. The van der Waals surface area contributed by atoms with E-state index in [0.29, 0.717) is 17.3 Å². The Morgan fingerprint density at radius 1 is 1.41 bits per heavy atom. The van der Waals surface area contributed by atoms with Crippen LogP contribution >= 0.6 is 39.0 Å². The number of rotatable bonds is 5. The summed E-state index contributed by atoms with van der Waals surface area (Å²) in [6.45, 7) is 1.95. The molecule has 0 saturated carbocycles. The monoisotopic (exact) mass is 463 g/mol. The van der Waals surface area contributed by atoms with Gasteiger partial charge in [-0.25, -0.2) is 4.98 Å². The molecule has 3 aromatic rings. The second-order valence-electron chi connectivity index (χ2n) is 6.55. The fraction of sp³-hybridized carbons (Fsp3) is 0.316. The molecule has 2 N–H and O–H groups in total. The fourth-order valence-electron chi connectivity index (χ4n) is 3.31. The van der Waals surface area contributed by atoms with Crippen LogP contribution in [0.15, 0.2) is 27.5 Å². The van der Waals surface area contributed by atoms with Crippen molar-refractivity contribution < 1.29 is 4.79 Å². The number of hydrogen-bond donors (Lipinski definition) is 2. The standard InChI is InChI=1S/C19H18BrN3O2S2/c1-10-7-11(20)5-6-13(10)21-16(24)9-26-8-15-22-18(25)17-12-3-2-4-14(12)27-19(17)23-15/h5-7H,2-4,8-9H2,1H3,(H,21,24)(H,22,23,25). The number of thioether (sulfide) groups is 1. The van der Waals surface area contributed by atoms with Gasteiger partial charge in [-0.05, 0) is 55.5 Å². The van der Waals surface area contributed by atoms with Gasteiger partial charge in [0.15, 0.2) is 0 Å². The molecule has 0 aliphatic heterocycles. The summed E-state index contributed by atoms with van der Waals surface area (Å²) in [6.07, 6.45) is 3.15. The molecule has 1 aromatic carbocycles. The third-order valence-electron chi connectivity index (χ3n) is 4.56. The summed E-state index contributed by atoms with van der Waals surface area (Å²) >= 11 is 6.49. The van der Waals surface area contributed by atoms with Crippen LogP contribution in [0.2, 0.25) is 0 Å². The first-order valence-electron chi connectivity index (χ1n) is 8.68. The second-order valence-corrected chi connectivity index (χ2v) is 9.54. The summed E-state index contributed by atoms with van der Waals surface area (Å²) in [5.74, 6) is 1.37. The molecule has 1 aliphatic carbocycles. The maximum absolute atomic E-state index is 12.4. The Balaban J connectivity index is 1.39. The summed E-state index contributed by atoms with van der Waals surface area (Å²) in [4.78, 5) is 34.2. The van der Waals surface area contributed by atoms with E-state index in [1.807, 2.05) is 25.1 Å². The first kappa shape index (κ1) is 18.7. The van der Waals surface area contributed by atoms with Crippen LogP contribution in [0.4, 0.5) is 5.69 Å². The Bertz CT molecular complexity index is 1090. The molecule has 0 bridgehead atoms. The van der Waals surface area contributed by atoms with Gasteiger partial charge >= 0.3 is 0 Å². The van der Waals surface area contributed by atoms with Gasteiger partial charge in [-0.2, -0.15) is 0 Å². The lowest BCUT2D eigenvalue weighted by Gasteiger charge is -2.08. The molecule has 0 radical (unpaired) electrons. The number of aryl methyl sites for hydroxylation is 3. The van der Waals surface area contributed by atoms with E-state index < -0.39 is 0 Å². The summed E-state index contributed by atoms with van der Waals surface area (Å²) in [5, 5.41) is 3.69. The molecule has 1 amide bonds. The van der Waals surface area contributed by atoms with Gasteiger partial charge in [0.2, 0.25) is 5.91 Å². The van der Waals surface area contributed by atoms with Crippen LogP contribution in [0.1, 0.15) is 28.2 Å². The van der Waals surface area contributed by atoms with Crippen molar-refractivity contribution in [2.45, 2.75) is 31.9 Å². The molecular weight excluding hydrogens is 446 g/mol. The van der Waals surface area contributed by atoms with Crippen LogP contribution < -0.4 is 10.9 Å². The SMILES string of the molecule is Cc1cc(Br)ccc1NC(=O)CSCc1nc2sc3c(c2c(=O)[nH]1)CCC3. The number of anilines is 1. The summed E-state index contributed by atoms with van der Waals surface area (Å²) < 4.78 is 0.984. The van der Waals surface area contributed by atoms with Crippen LogP contribution in [0.25, 0.3) is 10.2 Å². The highest BCUT2D eigenvalue weighted by Crippen LogP contribution is 2.34. The number of aromatic nitrogens is 2. The number of thiophene rings is 1. The minimum Gasteiger partial charge on any atom is -0.325 e. The van der Waals surface area contributed by atoms with Gasteiger partial charge in [-0.1, -0.05) is 15.9 Å². The van der Waals surface area contributed by atoms with Crippen LogP contribution in [0.3, 0.4) is 0 Å². The largest absolute Gasteiger partial charge is 0.325 e. The highest BCUT2D eigenvalue weighted by Gasteiger charge is 2.21. The van der Waals surface area contributed by atoms with Crippen molar-refractivity contribution in [3.8, 4) is 0 Å². The van der Waals surface area contributed by atoms with Crippen molar-refractivity contribution in [2.75, 3.05) is 11.1 Å². The first-order valence-corrected chi connectivity index (χ1v) is 11.4. The molecule has 140 valence electrons. The smallest absolute Gasteiger partial charge is 0.259 e. The highest BCUT2D eigenvalue weighted by molar-refractivity contribution is 9.10. The van der Waals surface area contributed by atoms with E-state index in [4.69, 9.17) is 0 Å². The number of carbonyl (C=O) groups excluding carboxylic acids is 1. The van der Waals surface area contributed by atoms with E-state index in [9.17, 15) is 9.59 Å². The van der Waals surface area contributed by atoms with Gasteiger partial charge in [0, 0.05) is 15.0 Å². The van der Waals surface area contributed by atoms with Gasteiger partial charge in [0.05, 0.1) is 16.9 Å². The first-order chi connectivity index (χ1) is 13.0. The zero-order valence-corrected chi connectivity index (χ0v) is 17.9. The summed E-state index contributed by atoms with van der Waals surface area (Å²) in [6, 6.07) is 5.74. The van der Waals surface area contributed by atoms with Crippen LogP contribution in [-0.4, -0.2) is 21.6 Å². The Labute approximate surface area is 173 Å².